The summed E-state index contributed by atoms with van der Waals surface area (Å²) in [5.74, 6) is 0.869. The van der Waals surface area contributed by atoms with Gasteiger partial charge in [0.2, 0.25) is 5.95 Å². The first kappa shape index (κ1) is 11.6. The number of alkyl halides is 1. The summed E-state index contributed by atoms with van der Waals surface area (Å²) in [5, 5.41) is 0. The van der Waals surface area contributed by atoms with E-state index in [1.165, 1.54) is 18.8 Å². The van der Waals surface area contributed by atoms with E-state index >= 15 is 0 Å². The van der Waals surface area contributed by atoms with Crippen LogP contribution in [0.5, 0.6) is 0 Å². The summed E-state index contributed by atoms with van der Waals surface area (Å²) in [4.78, 5) is 10.2. The van der Waals surface area contributed by atoms with Gasteiger partial charge in [-0.05, 0) is 25.7 Å². The van der Waals surface area contributed by atoms with Crippen LogP contribution in [0.25, 0.3) is 0 Å². The highest BCUT2D eigenvalue weighted by Gasteiger charge is 2.23. The third-order valence-electron chi connectivity index (χ3n) is 2.93. The molecule has 0 N–H and O–H groups in total. The molecule has 88 valence electrons. The normalized spacial score (nSPS) is 21.1. The van der Waals surface area contributed by atoms with E-state index in [-0.39, 0.29) is 0 Å². The molecule has 0 saturated carbocycles. The third-order valence-corrected chi connectivity index (χ3v) is 3.15. The molecule has 0 aromatic carbocycles. The molecule has 1 atom stereocenters. The Hall–Kier alpha value is -0.900. The lowest BCUT2D eigenvalue weighted by Crippen LogP contribution is -2.40. The Morgan fingerprint density at radius 1 is 1.38 bits per heavy atom. The number of hydrogen-bond donors (Lipinski definition) is 0. The van der Waals surface area contributed by atoms with Crippen molar-refractivity contribution in [3.8, 4) is 0 Å². The third kappa shape index (κ3) is 2.61. The van der Waals surface area contributed by atoms with E-state index < -0.39 is 5.82 Å². The summed E-state index contributed by atoms with van der Waals surface area (Å²) >= 11 is 5.79. The van der Waals surface area contributed by atoms with Crippen LogP contribution >= 0.6 is 11.6 Å². The number of rotatable bonds is 3. The summed E-state index contributed by atoms with van der Waals surface area (Å²) in [7, 11) is 0. The SMILES string of the molecule is Fc1cnc(N2CCCCC2CCCl)nc1. The molecule has 1 aliphatic rings. The predicted molar refractivity (Wildman–Crippen MR) is 62.3 cm³/mol. The molecule has 3 nitrogen and oxygen atoms in total. The van der Waals surface area contributed by atoms with Gasteiger partial charge in [0.1, 0.15) is 0 Å². The maximum atomic E-state index is 12.7. The molecule has 1 aromatic heterocycles. The van der Waals surface area contributed by atoms with E-state index in [0.29, 0.717) is 17.9 Å². The van der Waals surface area contributed by atoms with Gasteiger partial charge in [-0.15, -0.1) is 11.6 Å². The van der Waals surface area contributed by atoms with Gasteiger partial charge in [-0.25, -0.2) is 14.4 Å². The number of hydrogen-bond acceptors (Lipinski definition) is 3. The number of piperidine rings is 1. The second-order valence-electron chi connectivity index (χ2n) is 4.02. The van der Waals surface area contributed by atoms with Gasteiger partial charge in [0, 0.05) is 18.5 Å². The fourth-order valence-corrected chi connectivity index (χ4v) is 2.40. The quantitative estimate of drug-likeness (QED) is 0.765. The van der Waals surface area contributed by atoms with Crippen molar-refractivity contribution in [3.63, 3.8) is 0 Å². The van der Waals surface area contributed by atoms with E-state index in [1.54, 1.807) is 0 Å². The summed E-state index contributed by atoms with van der Waals surface area (Å²) in [6, 6.07) is 0.400. The lowest BCUT2D eigenvalue weighted by atomic mass is 10.0. The van der Waals surface area contributed by atoms with Crippen LogP contribution in [-0.2, 0) is 0 Å². The Labute approximate surface area is 99.6 Å². The molecule has 1 unspecified atom stereocenters. The molecular formula is C11H15ClFN3. The van der Waals surface area contributed by atoms with Gasteiger partial charge in [-0.2, -0.15) is 0 Å². The molecule has 0 aliphatic carbocycles. The highest BCUT2D eigenvalue weighted by atomic mass is 35.5. The topological polar surface area (TPSA) is 29.0 Å². The molecule has 2 rings (SSSR count). The van der Waals surface area contributed by atoms with Crippen LogP contribution in [0.1, 0.15) is 25.7 Å². The zero-order valence-electron chi connectivity index (χ0n) is 9.07. The minimum atomic E-state index is -0.394. The van der Waals surface area contributed by atoms with Crippen molar-refractivity contribution >= 4 is 17.5 Å². The monoisotopic (exact) mass is 243 g/mol. The predicted octanol–water partition coefficient (Wildman–Crippen LogP) is 2.60. The van der Waals surface area contributed by atoms with E-state index in [0.717, 1.165) is 25.8 Å². The standard InChI is InChI=1S/C11H15ClFN3/c12-5-4-10-3-1-2-6-16(10)11-14-7-9(13)8-15-11/h7-8,10H,1-6H2. The molecule has 0 amide bonds. The van der Waals surface area contributed by atoms with Gasteiger partial charge in [-0.1, -0.05) is 0 Å². The Balaban J connectivity index is 2.13. The maximum absolute atomic E-state index is 12.7. The van der Waals surface area contributed by atoms with Gasteiger partial charge in [0.25, 0.3) is 0 Å². The fraction of sp³-hybridized carbons (Fsp3) is 0.636. The van der Waals surface area contributed by atoms with Crippen LogP contribution in [0.4, 0.5) is 10.3 Å². The van der Waals surface area contributed by atoms with Crippen molar-refractivity contribution < 1.29 is 4.39 Å². The largest absolute Gasteiger partial charge is 0.338 e. The highest BCUT2D eigenvalue weighted by molar-refractivity contribution is 6.17. The Kier molecular flexibility index (Phi) is 3.93. The van der Waals surface area contributed by atoms with Crippen molar-refractivity contribution in [2.45, 2.75) is 31.7 Å². The smallest absolute Gasteiger partial charge is 0.225 e. The van der Waals surface area contributed by atoms with Gasteiger partial charge >= 0.3 is 0 Å². The van der Waals surface area contributed by atoms with Crippen molar-refractivity contribution in [1.29, 1.82) is 0 Å². The van der Waals surface area contributed by atoms with E-state index in [4.69, 9.17) is 11.6 Å². The van der Waals surface area contributed by atoms with Crippen molar-refractivity contribution in [2.75, 3.05) is 17.3 Å². The Bertz CT molecular complexity index is 329. The van der Waals surface area contributed by atoms with E-state index in [9.17, 15) is 4.39 Å². The molecule has 1 saturated heterocycles. The first-order chi connectivity index (χ1) is 7.81. The average Bonchev–Trinajstić information content (AvgIpc) is 2.32. The summed E-state index contributed by atoms with van der Waals surface area (Å²) in [6.07, 6.45) is 6.85. The minimum absolute atomic E-state index is 0.394. The number of anilines is 1. The lowest BCUT2D eigenvalue weighted by Gasteiger charge is -2.35. The van der Waals surface area contributed by atoms with Crippen LogP contribution in [0.15, 0.2) is 12.4 Å². The van der Waals surface area contributed by atoms with E-state index in [1.807, 2.05) is 0 Å². The fourth-order valence-electron chi connectivity index (χ4n) is 2.14. The minimum Gasteiger partial charge on any atom is -0.338 e. The van der Waals surface area contributed by atoms with Crippen molar-refractivity contribution in [3.05, 3.63) is 18.2 Å². The Morgan fingerprint density at radius 2 is 2.12 bits per heavy atom. The van der Waals surface area contributed by atoms with Gasteiger partial charge < -0.3 is 4.90 Å². The molecule has 16 heavy (non-hydrogen) atoms. The number of aromatic nitrogens is 2. The van der Waals surface area contributed by atoms with Crippen LogP contribution in [0.3, 0.4) is 0 Å². The molecular weight excluding hydrogens is 229 g/mol. The molecule has 0 radical (unpaired) electrons. The molecule has 1 fully saturated rings. The van der Waals surface area contributed by atoms with Crippen LogP contribution in [-0.4, -0.2) is 28.4 Å². The summed E-state index contributed by atoms with van der Waals surface area (Å²) in [6.45, 7) is 0.938. The zero-order valence-corrected chi connectivity index (χ0v) is 9.83. The summed E-state index contributed by atoms with van der Waals surface area (Å²) < 4.78 is 12.7. The van der Waals surface area contributed by atoms with Gasteiger partial charge in [0.05, 0.1) is 12.4 Å². The number of halogens is 2. The van der Waals surface area contributed by atoms with Gasteiger partial charge in [-0.3, -0.25) is 0 Å². The second kappa shape index (κ2) is 5.43. The van der Waals surface area contributed by atoms with Gasteiger partial charge in [0.15, 0.2) is 5.82 Å². The first-order valence-electron chi connectivity index (χ1n) is 5.61. The Morgan fingerprint density at radius 3 is 2.81 bits per heavy atom. The van der Waals surface area contributed by atoms with E-state index in [2.05, 4.69) is 14.9 Å². The molecule has 0 spiro atoms. The molecule has 0 bridgehead atoms. The number of nitrogens with zero attached hydrogens (tertiary/aromatic N) is 3. The van der Waals surface area contributed by atoms with Crippen LogP contribution < -0.4 is 4.90 Å². The van der Waals surface area contributed by atoms with Crippen molar-refractivity contribution in [1.82, 2.24) is 9.97 Å². The van der Waals surface area contributed by atoms with Crippen molar-refractivity contribution in [2.24, 2.45) is 0 Å². The molecule has 1 aliphatic heterocycles. The lowest BCUT2D eigenvalue weighted by molar-refractivity contribution is 0.443. The first-order valence-corrected chi connectivity index (χ1v) is 6.15. The second-order valence-corrected chi connectivity index (χ2v) is 4.40. The van der Waals surface area contributed by atoms with Crippen LogP contribution in [0, 0.1) is 5.82 Å². The molecule has 5 heteroatoms. The maximum Gasteiger partial charge on any atom is 0.225 e. The van der Waals surface area contributed by atoms with Crippen LogP contribution in [0.2, 0.25) is 0 Å². The summed E-state index contributed by atoms with van der Waals surface area (Å²) in [5.41, 5.74) is 0. The zero-order chi connectivity index (χ0) is 11.4. The highest BCUT2D eigenvalue weighted by Crippen LogP contribution is 2.23. The molecule has 2 heterocycles. The molecule has 1 aromatic rings. The average molecular weight is 244 g/mol.